The minimum Gasteiger partial charge on any atom is -0.479 e. The lowest BCUT2D eigenvalue weighted by Crippen LogP contribution is -2.26. The van der Waals surface area contributed by atoms with Gasteiger partial charge in [-0.2, -0.15) is 0 Å². The molecule has 0 rings (SSSR count). The van der Waals surface area contributed by atoms with E-state index in [1.54, 1.807) is 0 Å². The van der Waals surface area contributed by atoms with Crippen molar-refractivity contribution in [2.45, 2.75) is 38.7 Å². The van der Waals surface area contributed by atoms with Crippen molar-refractivity contribution in [1.29, 1.82) is 0 Å². The van der Waals surface area contributed by atoms with Gasteiger partial charge in [0, 0.05) is 0 Å². The average molecular weight is 161 g/mol. The van der Waals surface area contributed by atoms with Gasteiger partial charge in [-0.05, 0) is 6.42 Å². The summed E-state index contributed by atoms with van der Waals surface area (Å²) in [6.07, 6.45) is 2.61. The molecule has 0 bridgehead atoms. The molecular formula is C7H15NO3. The van der Waals surface area contributed by atoms with Gasteiger partial charge in [-0.3, -0.25) is 4.84 Å². The summed E-state index contributed by atoms with van der Waals surface area (Å²) in [5, 5.41) is 8.47. The third-order valence-electron chi connectivity index (χ3n) is 1.51. The van der Waals surface area contributed by atoms with Crippen LogP contribution in [0.4, 0.5) is 0 Å². The van der Waals surface area contributed by atoms with Crippen LogP contribution in [0, 0.1) is 0 Å². The zero-order valence-electron chi connectivity index (χ0n) is 6.75. The molecule has 0 aromatic carbocycles. The molecule has 0 saturated heterocycles. The van der Waals surface area contributed by atoms with E-state index in [4.69, 9.17) is 11.0 Å². The van der Waals surface area contributed by atoms with Crippen molar-refractivity contribution in [3.05, 3.63) is 0 Å². The van der Waals surface area contributed by atoms with E-state index in [1.807, 2.05) is 0 Å². The van der Waals surface area contributed by atoms with Gasteiger partial charge in [0.15, 0.2) is 6.10 Å². The second-order valence-corrected chi connectivity index (χ2v) is 2.46. The molecular weight excluding hydrogens is 146 g/mol. The Morgan fingerprint density at radius 1 is 1.64 bits per heavy atom. The molecule has 3 N–H and O–H groups in total. The van der Waals surface area contributed by atoms with Crippen LogP contribution in [-0.2, 0) is 9.63 Å². The molecule has 0 aliphatic carbocycles. The van der Waals surface area contributed by atoms with Crippen molar-refractivity contribution >= 4 is 5.97 Å². The van der Waals surface area contributed by atoms with Crippen LogP contribution in [0.2, 0.25) is 0 Å². The fourth-order valence-corrected chi connectivity index (χ4v) is 0.829. The molecule has 0 aromatic heterocycles. The smallest absolute Gasteiger partial charge is 0.334 e. The highest BCUT2D eigenvalue weighted by Crippen LogP contribution is 2.04. The Labute approximate surface area is 66.3 Å². The van der Waals surface area contributed by atoms with Crippen LogP contribution in [0.1, 0.15) is 32.6 Å². The van der Waals surface area contributed by atoms with E-state index in [-0.39, 0.29) is 0 Å². The Bertz CT molecular complexity index is 116. The fraction of sp³-hybridized carbons (Fsp3) is 0.857. The highest BCUT2D eigenvalue weighted by Gasteiger charge is 2.15. The van der Waals surface area contributed by atoms with Crippen LogP contribution in [0.25, 0.3) is 0 Å². The van der Waals surface area contributed by atoms with Gasteiger partial charge in [0.05, 0.1) is 0 Å². The van der Waals surface area contributed by atoms with Crippen molar-refractivity contribution in [3.63, 3.8) is 0 Å². The minimum absolute atomic E-state index is 0.500. The number of carbonyl (C=O) groups is 1. The number of rotatable bonds is 6. The first-order valence-electron chi connectivity index (χ1n) is 3.80. The van der Waals surface area contributed by atoms with Crippen molar-refractivity contribution in [2.24, 2.45) is 5.90 Å². The molecule has 0 amide bonds. The highest BCUT2D eigenvalue weighted by atomic mass is 16.6. The van der Waals surface area contributed by atoms with Crippen LogP contribution >= 0.6 is 0 Å². The Hall–Kier alpha value is -0.610. The van der Waals surface area contributed by atoms with Crippen molar-refractivity contribution < 1.29 is 14.7 Å². The first-order chi connectivity index (χ1) is 5.22. The molecule has 11 heavy (non-hydrogen) atoms. The van der Waals surface area contributed by atoms with Gasteiger partial charge >= 0.3 is 5.97 Å². The molecule has 0 heterocycles. The summed E-state index contributed by atoms with van der Waals surface area (Å²) in [5.41, 5.74) is 0. The number of nitrogens with two attached hydrogens (primary N) is 1. The summed E-state index contributed by atoms with van der Waals surface area (Å²) in [6, 6.07) is 0. The van der Waals surface area contributed by atoms with Gasteiger partial charge in [0.25, 0.3) is 0 Å². The summed E-state index contributed by atoms with van der Waals surface area (Å²) in [5.74, 6) is 3.79. The Kier molecular flexibility index (Phi) is 5.78. The Morgan fingerprint density at radius 2 is 2.27 bits per heavy atom. The van der Waals surface area contributed by atoms with Gasteiger partial charge in [0.2, 0.25) is 0 Å². The summed E-state index contributed by atoms with van der Waals surface area (Å²) in [7, 11) is 0. The maximum Gasteiger partial charge on any atom is 0.334 e. The molecule has 4 heteroatoms. The molecule has 4 nitrogen and oxygen atoms in total. The summed E-state index contributed by atoms with van der Waals surface area (Å²) >= 11 is 0. The molecule has 0 spiro atoms. The minimum atomic E-state index is -0.983. The molecule has 0 radical (unpaired) electrons. The third kappa shape index (κ3) is 4.75. The second-order valence-electron chi connectivity index (χ2n) is 2.46. The van der Waals surface area contributed by atoms with Crippen LogP contribution < -0.4 is 5.90 Å². The van der Waals surface area contributed by atoms with Gasteiger partial charge in [-0.25, -0.2) is 10.7 Å². The monoisotopic (exact) mass is 161 g/mol. The largest absolute Gasteiger partial charge is 0.479 e. The van der Waals surface area contributed by atoms with Crippen molar-refractivity contribution in [2.75, 3.05) is 0 Å². The average Bonchev–Trinajstić information content (AvgIpc) is 1.97. The van der Waals surface area contributed by atoms with E-state index in [0.717, 1.165) is 19.3 Å². The second kappa shape index (κ2) is 6.12. The zero-order chi connectivity index (χ0) is 8.69. The number of unbranched alkanes of at least 4 members (excludes halogenated alkanes) is 2. The molecule has 1 atom stereocenters. The highest BCUT2D eigenvalue weighted by molar-refractivity contribution is 5.72. The van der Waals surface area contributed by atoms with E-state index in [1.165, 1.54) is 0 Å². The predicted octanol–water partition coefficient (Wildman–Crippen LogP) is 0.910. The molecule has 0 saturated carbocycles. The third-order valence-corrected chi connectivity index (χ3v) is 1.51. The van der Waals surface area contributed by atoms with Crippen LogP contribution in [0.5, 0.6) is 0 Å². The summed E-state index contributed by atoms with van der Waals surface area (Å²) in [4.78, 5) is 14.6. The lowest BCUT2D eigenvalue weighted by molar-refractivity contribution is -0.151. The molecule has 0 aliphatic heterocycles. The Morgan fingerprint density at radius 3 is 2.64 bits per heavy atom. The Balaban J connectivity index is 3.44. The fourth-order valence-electron chi connectivity index (χ4n) is 0.829. The number of aliphatic carboxylic acids is 1. The van der Waals surface area contributed by atoms with Crippen LogP contribution in [0.3, 0.4) is 0 Å². The quantitative estimate of drug-likeness (QED) is 0.448. The van der Waals surface area contributed by atoms with E-state index in [0.29, 0.717) is 6.42 Å². The first-order valence-corrected chi connectivity index (χ1v) is 3.80. The van der Waals surface area contributed by atoms with Crippen molar-refractivity contribution in [3.8, 4) is 0 Å². The van der Waals surface area contributed by atoms with E-state index in [9.17, 15) is 4.79 Å². The predicted molar refractivity (Wildman–Crippen MR) is 40.8 cm³/mol. The SMILES string of the molecule is CCCCCC(ON)C(=O)O. The standard InChI is InChI=1S/C7H15NO3/c1-2-3-4-5-6(11-8)7(9)10/h6H,2-5,8H2,1H3,(H,9,10). The van der Waals surface area contributed by atoms with Gasteiger partial charge in [-0.1, -0.05) is 26.2 Å². The molecule has 0 aromatic rings. The number of hydrogen-bond acceptors (Lipinski definition) is 3. The summed E-state index contributed by atoms with van der Waals surface area (Å²) in [6.45, 7) is 2.05. The molecule has 0 fully saturated rings. The number of carboxylic acids is 1. The van der Waals surface area contributed by atoms with E-state index in [2.05, 4.69) is 11.8 Å². The summed E-state index contributed by atoms with van der Waals surface area (Å²) < 4.78 is 0. The molecule has 1 unspecified atom stereocenters. The van der Waals surface area contributed by atoms with Crippen LogP contribution in [-0.4, -0.2) is 17.2 Å². The van der Waals surface area contributed by atoms with Gasteiger partial charge < -0.3 is 5.11 Å². The van der Waals surface area contributed by atoms with Gasteiger partial charge in [0.1, 0.15) is 0 Å². The van der Waals surface area contributed by atoms with E-state index < -0.39 is 12.1 Å². The number of hydrogen-bond donors (Lipinski definition) is 2. The molecule has 66 valence electrons. The normalized spacial score (nSPS) is 12.9. The molecule has 0 aliphatic rings. The van der Waals surface area contributed by atoms with Crippen LogP contribution in [0.15, 0.2) is 0 Å². The number of carboxylic acid groups (broad SMARTS) is 1. The topological polar surface area (TPSA) is 72.5 Å². The lowest BCUT2D eigenvalue weighted by atomic mass is 10.1. The van der Waals surface area contributed by atoms with Gasteiger partial charge in [-0.15, -0.1) is 0 Å². The van der Waals surface area contributed by atoms with E-state index >= 15 is 0 Å². The lowest BCUT2D eigenvalue weighted by Gasteiger charge is -2.07. The zero-order valence-corrected chi connectivity index (χ0v) is 6.75. The van der Waals surface area contributed by atoms with Crippen molar-refractivity contribution in [1.82, 2.24) is 0 Å². The maximum atomic E-state index is 10.3. The maximum absolute atomic E-state index is 10.3. The first kappa shape index (κ1) is 10.4.